The molecular weight excluding hydrogens is 520 g/mol. The van der Waals surface area contributed by atoms with E-state index in [1.165, 1.54) is 12.8 Å². The van der Waals surface area contributed by atoms with E-state index in [9.17, 15) is 9.59 Å². The standard InChI is InChI=1S/C8H13BrO.C8H14O.C2H4O2.Br2/c1-2-6-3-4-8(10)7(9)5-6;1-2-7-3-5-8(9)6-4-7;1-2(3)4;1-2/h6-7H,2-5H2,1H3;7H,2-6H2,1H3;1H3,(H,3,4);. The number of ketones is 2. The Hall–Kier alpha value is 0.250. The van der Waals surface area contributed by atoms with Gasteiger partial charge < -0.3 is 5.11 Å². The molecule has 0 aromatic carbocycles. The van der Waals surface area contributed by atoms with Crippen molar-refractivity contribution in [1.82, 2.24) is 0 Å². The summed E-state index contributed by atoms with van der Waals surface area (Å²) in [5.41, 5.74) is 0. The van der Waals surface area contributed by atoms with Gasteiger partial charge in [-0.3, -0.25) is 14.4 Å². The van der Waals surface area contributed by atoms with Gasteiger partial charge in [0.2, 0.25) is 0 Å². The van der Waals surface area contributed by atoms with Crippen molar-refractivity contribution < 1.29 is 19.5 Å². The lowest BCUT2D eigenvalue weighted by Crippen LogP contribution is -2.24. The minimum absolute atomic E-state index is 0.159. The molecule has 0 aromatic heterocycles. The summed E-state index contributed by atoms with van der Waals surface area (Å²) in [5, 5.41) is 7.42. The Morgan fingerprint density at radius 1 is 1.00 bits per heavy atom. The van der Waals surface area contributed by atoms with Crippen LogP contribution in [0.15, 0.2) is 0 Å². The lowest BCUT2D eigenvalue weighted by molar-refractivity contribution is -0.134. The van der Waals surface area contributed by atoms with E-state index in [1.807, 2.05) is 0 Å². The van der Waals surface area contributed by atoms with Crippen molar-refractivity contribution in [3.8, 4) is 0 Å². The third-order valence-electron chi connectivity index (χ3n) is 4.51. The lowest BCUT2D eigenvalue weighted by atomic mass is 9.87. The van der Waals surface area contributed by atoms with Crippen LogP contribution in [-0.4, -0.2) is 27.5 Å². The highest BCUT2D eigenvalue weighted by Crippen LogP contribution is 2.28. The summed E-state index contributed by atoms with van der Waals surface area (Å²) in [7, 11) is 0. The summed E-state index contributed by atoms with van der Waals surface area (Å²) in [6, 6.07) is 0. The first-order valence-electron chi connectivity index (χ1n) is 8.82. The Bertz CT molecular complexity index is 375. The van der Waals surface area contributed by atoms with Gasteiger partial charge in [0, 0.05) is 54.4 Å². The Morgan fingerprint density at radius 2 is 1.40 bits per heavy atom. The number of hydrogen-bond donors (Lipinski definition) is 1. The minimum Gasteiger partial charge on any atom is -0.481 e. The number of alkyl halides is 1. The first kappa shape index (κ1) is 27.5. The molecule has 0 radical (unpaired) electrons. The summed E-state index contributed by atoms with van der Waals surface area (Å²) in [6.07, 6.45) is 9.41. The van der Waals surface area contributed by atoms with Crippen molar-refractivity contribution in [3.63, 3.8) is 0 Å². The average Bonchev–Trinajstić information content (AvgIpc) is 2.60. The minimum atomic E-state index is -0.833. The number of Topliss-reactive ketones (excluding diaryl/α,β-unsaturated/α-hetero) is 2. The van der Waals surface area contributed by atoms with Crippen molar-refractivity contribution >= 4 is 61.7 Å². The van der Waals surface area contributed by atoms with Crippen molar-refractivity contribution in [1.29, 1.82) is 0 Å². The van der Waals surface area contributed by atoms with Crippen LogP contribution in [0.3, 0.4) is 0 Å². The largest absolute Gasteiger partial charge is 0.481 e. The van der Waals surface area contributed by atoms with Gasteiger partial charge in [-0.2, -0.15) is 0 Å². The smallest absolute Gasteiger partial charge is 0.300 e. The zero-order valence-electron chi connectivity index (χ0n) is 15.4. The molecule has 2 fully saturated rings. The summed E-state index contributed by atoms with van der Waals surface area (Å²) >= 11 is 8.89. The lowest BCUT2D eigenvalue weighted by Gasteiger charge is -2.23. The Morgan fingerprint density at radius 3 is 1.76 bits per heavy atom. The molecule has 25 heavy (non-hydrogen) atoms. The van der Waals surface area contributed by atoms with E-state index in [1.54, 1.807) is 0 Å². The maximum absolute atomic E-state index is 11.0. The topological polar surface area (TPSA) is 71.4 Å². The molecule has 0 aliphatic heterocycles. The second-order valence-corrected chi connectivity index (χ2v) is 7.50. The molecule has 0 saturated heterocycles. The van der Waals surface area contributed by atoms with Gasteiger partial charge in [-0.05, 0) is 37.5 Å². The summed E-state index contributed by atoms with van der Waals surface area (Å²) < 4.78 is 0. The maximum atomic E-state index is 11.0. The first-order valence-corrected chi connectivity index (χ1v) is 13.4. The zero-order valence-corrected chi connectivity index (χ0v) is 20.2. The van der Waals surface area contributed by atoms with Crippen LogP contribution in [-0.2, 0) is 14.4 Å². The normalized spacial score (nSPS) is 23.1. The van der Waals surface area contributed by atoms with E-state index < -0.39 is 5.97 Å². The molecule has 0 heterocycles. The van der Waals surface area contributed by atoms with E-state index in [0.29, 0.717) is 11.6 Å². The highest BCUT2D eigenvalue weighted by molar-refractivity contribution is 9.93. The van der Waals surface area contributed by atoms with Crippen LogP contribution in [0.2, 0.25) is 0 Å². The summed E-state index contributed by atoms with van der Waals surface area (Å²) in [5.74, 6) is 1.66. The van der Waals surface area contributed by atoms with E-state index in [-0.39, 0.29) is 4.83 Å². The van der Waals surface area contributed by atoms with Crippen molar-refractivity contribution in [3.05, 3.63) is 0 Å². The van der Waals surface area contributed by atoms with Crippen molar-refractivity contribution in [2.45, 2.75) is 83.4 Å². The predicted octanol–water partition coefficient (Wildman–Crippen LogP) is 6.47. The molecular formula is C18H31Br3O4. The molecule has 2 aliphatic rings. The van der Waals surface area contributed by atoms with Gasteiger partial charge in [-0.1, -0.05) is 42.6 Å². The van der Waals surface area contributed by atoms with Gasteiger partial charge in [0.25, 0.3) is 5.97 Å². The van der Waals surface area contributed by atoms with Gasteiger partial charge in [-0.25, -0.2) is 0 Å². The number of carboxylic acid groups (broad SMARTS) is 1. The Labute approximate surface area is 175 Å². The number of halogens is 3. The fourth-order valence-electron chi connectivity index (χ4n) is 2.82. The molecule has 148 valence electrons. The molecule has 2 unspecified atom stereocenters. The van der Waals surface area contributed by atoms with Gasteiger partial charge in [0.05, 0.1) is 4.83 Å². The molecule has 1 N–H and O–H groups in total. The summed E-state index contributed by atoms with van der Waals surface area (Å²) in [6.45, 7) is 5.49. The fraction of sp³-hybridized carbons (Fsp3) is 0.833. The van der Waals surface area contributed by atoms with Crippen LogP contribution in [0, 0.1) is 11.8 Å². The average molecular weight is 551 g/mol. The molecule has 2 atom stereocenters. The Kier molecular flexibility index (Phi) is 19.4. The maximum Gasteiger partial charge on any atom is 0.300 e. The third kappa shape index (κ3) is 16.2. The molecule has 0 bridgehead atoms. The van der Waals surface area contributed by atoms with Gasteiger partial charge in [0.15, 0.2) is 0 Å². The van der Waals surface area contributed by atoms with Crippen LogP contribution in [0.1, 0.15) is 78.6 Å². The monoisotopic (exact) mass is 548 g/mol. The van der Waals surface area contributed by atoms with Crippen LogP contribution in [0.25, 0.3) is 0 Å². The van der Waals surface area contributed by atoms with E-state index >= 15 is 0 Å². The molecule has 2 saturated carbocycles. The Balaban J connectivity index is 0. The highest BCUT2D eigenvalue weighted by atomic mass is 80.9. The molecule has 0 amide bonds. The number of carboxylic acids is 1. The van der Waals surface area contributed by atoms with Crippen LogP contribution in [0.4, 0.5) is 0 Å². The number of carbonyl (C=O) groups excluding carboxylic acids is 2. The number of rotatable bonds is 2. The van der Waals surface area contributed by atoms with Crippen molar-refractivity contribution in [2.24, 2.45) is 11.8 Å². The third-order valence-corrected chi connectivity index (χ3v) is 5.39. The predicted molar refractivity (Wildman–Crippen MR) is 114 cm³/mol. The van der Waals surface area contributed by atoms with Gasteiger partial charge in [0.1, 0.15) is 11.6 Å². The SMILES string of the molecule is BrBr.CC(=O)O.CCC1CCC(=O)C(Br)C1.CCC1CCC(=O)CC1. The molecule has 0 aromatic rings. The molecule has 0 spiro atoms. The van der Waals surface area contributed by atoms with E-state index in [2.05, 4.69) is 58.0 Å². The summed E-state index contributed by atoms with van der Waals surface area (Å²) in [4.78, 5) is 30.9. The second kappa shape index (κ2) is 17.7. The van der Waals surface area contributed by atoms with Crippen LogP contribution < -0.4 is 0 Å². The second-order valence-electron chi connectivity index (χ2n) is 6.39. The molecule has 4 nitrogen and oxygen atoms in total. The fourth-order valence-corrected chi connectivity index (χ4v) is 3.58. The quantitative estimate of drug-likeness (QED) is 0.400. The number of carbonyl (C=O) groups is 3. The van der Waals surface area contributed by atoms with Crippen LogP contribution in [0.5, 0.6) is 0 Å². The first-order chi connectivity index (χ1) is 11.8. The number of hydrogen-bond acceptors (Lipinski definition) is 3. The van der Waals surface area contributed by atoms with Crippen LogP contribution >= 0.6 is 44.2 Å². The highest BCUT2D eigenvalue weighted by Gasteiger charge is 2.25. The molecule has 7 heteroatoms. The van der Waals surface area contributed by atoms with E-state index in [0.717, 1.165) is 63.7 Å². The zero-order chi connectivity index (χ0) is 19.8. The van der Waals surface area contributed by atoms with Gasteiger partial charge in [-0.15, -0.1) is 0 Å². The van der Waals surface area contributed by atoms with Crippen molar-refractivity contribution in [2.75, 3.05) is 0 Å². The molecule has 2 rings (SSSR count). The van der Waals surface area contributed by atoms with E-state index in [4.69, 9.17) is 9.90 Å². The van der Waals surface area contributed by atoms with Gasteiger partial charge >= 0.3 is 0 Å². The molecule has 2 aliphatic carbocycles. The number of aliphatic carboxylic acids is 1.